The molecule has 0 aliphatic carbocycles. The van der Waals surface area contributed by atoms with Gasteiger partial charge in [-0.25, -0.2) is 0 Å². The van der Waals surface area contributed by atoms with Crippen molar-refractivity contribution in [1.29, 1.82) is 5.26 Å². The Morgan fingerprint density at radius 3 is 2.94 bits per heavy atom. The van der Waals surface area contributed by atoms with E-state index in [-0.39, 0.29) is 0 Å². The molecule has 0 unspecified atom stereocenters. The highest BCUT2D eigenvalue weighted by molar-refractivity contribution is 5.68. The Bertz CT molecular complexity index is 599. The minimum absolute atomic E-state index is 0.596. The monoisotopic (exact) mass is 238 g/mol. The van der Waals surface area contributed by atoms with E-state index in [1.165, 1.54) is 0 Å². The highest BCUT2D eigenvalue weighted by Gasteiger charge is 2.02. The van der Waals surface area contributed by atoms with Crippen LogP contribution in [-0.4, -0.2) is 4.98 Å². The van der Waals surface area contributed by atoms with Gasteiger partial charge in [0.25, 0.3) is 0 Å². The SMILES string of the molecule is Cc1cnccc1CNc1cc(C#N)ccc1N. The molecule has 0 bridgehead atoms. The predicted octanol–water partition coefficient (Wildman–Crippen LogP) is 2.46. The zero-order chi connectivity index (χ0) is 13.0. The number of benzene rings is 1. The molecule has 0 radical (unpaired) electrons. The van der Waals surface area contributed by atoms with Crippen LogP contribution in [0, 0.1) is 18.3 Å². The van der Waals surface area contributed by atoms with Crippen molar-refractivity contribution in [2.24, 2.45) is 0 Å². The van der Waals surface area contributed by atoms with Crippen LogP contribution in [0.25, 0.3) is 0 Å². The fourth-order valence-electron chi connectivity index (χ4n) is 1.67. The average Bonchev–Trinajstić information content (AvgIpc) is 2.39. The zero-order valence-electron chi connectivity index (χ0n) is 10.1. The number of hydrogen-bond acceptors (Lipinski definition) is 4. The third-order valence-corrected chi connectivity index (χ3v) is 2.79. The van der Waals surface area contributed by atoms with E-state index >= 15 is 0 Å². The van der Waals surface area contributed by atoms with E-state index in [1.807, 2.05) is 19.2 Å². The molecule has 0 spiro atoms. The number of hydrogen-bond donors (Lipinski definition) is 2. The van der Waals surface area contributed by atoms with Crippen molar-refractivity contribution >= 4 is 11.4 Å². The molecule has 0 saturated carbocycles. The van der Waals surface area contributed by atoms with Gasteiger partial charge < -0.3 is 11.1 Å². The molecule has 0 saturated heterocycles. The van der Waals surface area contributed by atoms with Crippen LogP contribution >= 0.6 is 0 Å². The van der Waals surface area contributed by atoms with Crippen molar-refractivity contribution in [3.8, 4) is 6.07 Å². The van der Waals surface area contributed by atoms with Crippen LogP contribution in [-0.2, 0) is 6.54 Å². The first-order valence-corrected chi connectivity index (χ1v) is 5.63. The fraction of sp³-hybridized carbons (Fsp3) is 0.143. The number of rotatable bonds is 3. The molecule has 4 heteroatoms. The van der Waals surface area contributed by atoms with Crippen LogP contribution in [0.4, 0.5) is 11.4 Å². The van der Waals surface area contributed by atoms with Gasteiger partial charge in [0.15, 0.2) is 0 Å². The second-order valence-corrected chi connectivity index (χ2v) is 4.07. The first-order chi connectivity index (χ1) is 8.70. The summed E-state index contributed by atoms with van der Waals surface area (Å²) in [5.41, 5.74) is 10.2. The standard InChI is InChI=1S/C14H14N4/c1-10-8-17-5-4-12(10)9-18-14-6-11(7-15)2-3-13(14)16/h2-6,8,18H,9,16H2,1H3. The maximum Gasteiger partial charge on any atom is 0.0992 e. The maximum atomic E-state index is 8.86. The first kappa shape index (κ1) is 11.9. The van der Waals surface area contributed by atoms with Gasteiger partial charge in [-0.05, 0) is 42.3 Å². The van der Waals surface area contributed by atoms with Crippen molar-refractivity contribution in [3.05, 3.63) is 53.3 Å². The number of aryl methyl sites for hydroxylation is 1. The Morgan fingerprint density at radius 2 is 2.22 bits per heavy atom. The molecule has 1 aromatic carbocycles. The summed E-state index contributed by atoms with van der Waals surface area (Å²) in [6.07, 6.45) is 3.59. The molecule has 0 aliphatic rings. The zero-order valence-corrected chi connectivity index (χ0v) is 10.1. The van der Waals surface area contributed by atoms with E-state index in [4.69, 9.17) is 11.0 Å². The fourth-order valence-corrected chi connectivity index (χ4v) is 1.67. The third kappa shape index (κ3) is 2.58. The summed E-state index contributed by atoms with van der Waals surface area (Å²) in [5.74, 6) is 0. The predicted molar refractivity (Wildman–Crippen MR) is 71.9 cm³/mol. The van der Waals surface area contributed by atoms with Crippen molar-refractivity contribution < 1.29 is 0 Å². The Labute approximate surface area is 106 Å². The minimum Gasteiger partial charge on any atom is -0.397 e. The topological polar surface area (TPSA) is 74.7 Å². The van der Waals surface area contributed by atoms with E-state index in [9.17, 15) is 0 Å². The average molecular weight is 238 g/mol. The third-order valence-electron chi connectivity index (χ3n) is 2.79. The van der Waals surface area contributed by atoms with Crippen molar-refractivity contribution in [1.82, 2.24) is 4.98 Å². The second-order valence-electron chi connectivity index (χ2n) is 4.07. The number of nitriles is 1. The highest BCUT2D eigenvalue weighted by atomic mass is 14.9. The van der Waals surface area contributed by atoms with Gasteiger partial charge in [0.05, 0.1) is 23.0 Å². The van der Waals surface area contributed by atoms with Crippen molar-refractivity contribution in [2.75, 3.05) is 11.1 Å². The summed E-state index contributed by atoms with van der Waals surface area (Å²) in [5, 5.41) is 12.1. The van der Waals surface area contributed by atoms with Gasteiger partial charge in [0.2, 0.25) is 0 Å². The second kappa shape index (κ2) is 5.19. The van der Waals surface area contributed by atoms with Crippen molar-refractivity contribution in [3.63, 3.8) is 0 Å². The Hall–Kier alpha value is -2.54. The van der Waals surface area contributed by atoms with Gasteiger partial charge in [0.1, 0.15) is 0 Å². The number of nitrogens with two attached hydrogens (primary N) is 1. The molecule has 4 nitrogen and oxygen atoms in total. The van der Waals surface area contributed by atoms with Crippen LogP contribution in [0.3, 0.4) is 0 Å². The first-order valence-electron chi connectivity index (χ1n) is 5.63. The molecule has 2 aromatic rings. The summed E-state index contributed by atoms with van der Waals surface area (Å²) in [6.45, 7) is 2.67. The Kier molecular flexibility index (Phi) is 3.44. The minimum atomic E-state index is 0.596. The number of aromatic nitrogens is 1. The van der Waals surface area contributed by atoms with E-state index in [0.717, 1.165) is 16.8 Å². The van der Waals surface area contributed by atoms with Gasteiger partial charge in [-0.15, -0.1) is 0 Å². The number of pyridine rings is 1. The van der Waals surface area contributed by atoms with E-state index in [0.29, 0.717) is 17.8 Å². The molecule has 90 valence electrons. The number of nitrogens with zero attached hydrogens (tertiary/aromatic N) is 2. The number of anilines is 2. The summed E-state index contributed by atoms with van der Waals surface area (Å²) in [6, 6.07) is 9.26. The van der Waals surface area contributed by atoms with Gasteiger partial charge in [-0.2, -0.15) is 5.26 Å². The Morgan fingerprint density at radius 1 is 1.39 bits per heavy atom. The quantitative estimate of drug-likeness (QED) is 0.805. The normalized spacial score (nSPS) is 9.78. The van der Waals surface area contributed by atoms with Gasteiger partial charge in [-0.1, -0.05) is 0 Å². The Balaban J connectivity index is 2.16. The van der Waals surface area contributed by atoms with Crippen molar-refractivity contribution in [2.45, 2.75) is 13.5 Å². The molecule has 18 heavy (non-hydrogen) atoms. The lowest BCUT2D eigenvalue weighted by atomic mass is 10.1. The van der Waals surface area contributed by atoms with Crippen LogP contribution < -0.4 is 11.1 Å². The lowest BCUT2D eigenvalue weighted by molar-refractivity contribution is 1.09. The van der Waals surface area contributed by atoms with Crippen LogP contribution in [0.5, 0.6) is 0 Å². The highest BCUT2D eigenvalue weighted by Crippen LogP contribution is 2.20. The molecule has 0 atom stereocenters. The summed E-state index contributed by atoms with van der Waals surface area (Å²) < 4.78 is 0. The lowest BCUT2D eigenvalue weighted by Gasteiger charge is -2.11. The lowest BCUT2D eigenvalue weighted by Crippen LogP contribution is -2.04. The molecule has 0 amide bonds. The molecule has 2 rings (SSSR count). The smallest absolute Gasteiger partial charge is 0.0992 e. The van der Waals surface area contributed by atoms with E-state index < -0.39 is 0 Å². The van der Waals surface area contributed by atoms with E-state index in [1.54, 1.807) is 24.4 Å². The summed E-state index contributed by atoms with van der Waals surface area (Å²) in [7, 11) is 0. The molecule has 3 N–H and O–H groups in total. The van der Waals surface area contributed by atoms with Crippen LogP contribution in [0.1, 0.15) is 16.7 Å². The molecular formula is C14H14N4. The maximum absolute atomic E-state index is 8.86. The molecule has 1 heterocycles. The number of nitrogens with one attached hydrogen (secondary N) is 1. The molecular weight excluding hydrogens is 224 g/mol. The molecule has 1 aromatic heterocycles. The van der Waals surface area contributed by atoms with Gasteiger partial charge in [0, 0.05) is 18.9 Å². The largest absolute Gasteiger partial charge is 0.397 e. The van der Waals surface area contributed by atoms with Gasteiger partial charge >= 0.3 is 0 Å². The summed E-state index contributed by atoms with van der Waals surface area (Å²) in [4.78, 5) is 4.05. The molecule has 0 aliphatic heterocycles. The summed E-state index contributed by atoms with van der Waals surface area (Å²) >= 11 is 0. The number of nitrogen functional groups attached to an aromatic ring is 1. The van der Waals surface area contributed by atoms with Crippen LogP contribution in [0.15, 0.2) is 36.7 Å². The molecule has 0 fully saturated rings. The van der Waals surface area contributed by atoms with E-state index in [2.05, 4.69) is 16.4 Å². The van der Waals surface area contributed by atoms with Gasteiger partial charge in [-0.3, -0.25) is 4.98 Å². The van der Waals surface area contributed by atoms with Crippen LogP contribution in [0.2, 0.25) is 0 Å².